The predicted molar refractivity (Wildman–Crippen MR) is 128 cm³/mol. The van der Waals surface area contributed by atoms with E-state index in [0.717, 1.165) is 4.44 Å². The molecule has 0 saturated carbocycles. The number of halogens is 1. The quantitative estimate of drug-likeness (QED) is 0.338. The van der Waals surface area contributed by atoms with E-state index in [1.807, 2.05) is 12.1 Å². The van der Waals surface area contributed by atoms with Crippen LogP contribution in [0.2, 0.25) is 0 Å². The van der Waals surface area contributed by atoms with Crippen LogP contribution in [-0.4, -0.2) is 18.4 Å². The first-order valence-corrected chi connectivity index (χ1v) is 16.7. The standard InChI is InChI=1S/C7H6F.3C7H7.Sn/c1-6-2-4-7(8)5-3-6;3*1-7-5-3-2-4-6-7;/h2-5H,1H2;3*3-6H,1H3;. The molecule has 0 spiro atoms. The van der Waals surface area contributed by atoms with Crippen molar-refractivity contribution in [1.82, 2.24) is 0 Å². The molecular weight excluding hydrogens is 474 g/mol. The molecule has 4 aromatic rings. The van der Waals surface area contributed by atoms with E-state index >= 15 is 0 Å². The third kappa shape index (κ3) is 4.22. The number of hydrogen-bond acceptors (Lipinski definition) is 0. The Kier molecular flexibility index (Phi) is 6.10. The second-order valence-electron chi connectivity index (χ2n) is 8.31. The molecule has 4 aromatic carbocycles. The van der Waals surface area contributed by atoms with Crippen LogP contribution in [0.4, 0.5) is 4.39 Å². The van der Waals surface area contributed by atoms with E-state index in [-0.39, 0.29) is 5.82 Å². The first kappa shape index (κ1) is 20.9. The van der Waals surface area contributed by atoms with E-state index in [1.54, 1.807) is 12.1 Å². The fraction of sp³-hybridized carbons (Fsp3) is 0.143. The minimum absolute atomic E-state index is 0.180. The van der Waals surface area contributed by atoms with E-state index in [2.05, 4.69) is 93.6 Å². The van der Waals surface area contributed by atoms with Gasteiger partial charge >= 0.3 is 184 Å². The van der Waals surface area contributed by atoms with Crippen LogP contribution in [0.1, 0.15) is 22.3 Å². The van der Waals surface area contributed by atoms with Gasteiger partial charge in [0.1, 0.15) is 0 Å². The SMILES string of the molecule is Cc1cc[c]([Sn]([CH2]c2ccc(F)cc2)([c]2ccc(C)cc2)[c]2ccc(C)cc2)cc1. The Balaban J connectivity index is 2.00. The Labute approximate surface area is 183 Å². The number of hydrogen-bond donors (Lipinski definition) is 0. The van der Waals surface area contributed by atoms with E-state index in [0.29, 0.717) is 0 Å². The summed E-state index contributed by atoms with van der Waals surface area (Å²) in [5.41, 5.74) is 5.02. The fourth-order valence-corrected chi connectivity index (χ4v) is 17.6. The summed E-state index contributed by atoms with van der Waals surface area (Å²) in [6, 6.07) is 34.4. The van der Waals surface area contributed by atoms with E-state index < -0.39 is 18.4 Å². The Hall–Kier alpha value is -2.39. The van der Waals surface area contributed by atoms with Gasteiger partial charge in [-0.3, -0.25) is 0 Å². The van der Waals surface area contributed by atoms with E-state index in [1.165, 1.54) is 33.0 Å². The summed E-state index contributed by atoms with van der Waals surface area (Å²) in [6.07, 6.45) is 0. The average molecular weight is 501 g/mol. The molecule has 0 fully saturated rings. The van der Waals surface area contributed by atoms with Crippen LogP contribution in [0.25, 0.3) is 0 Å². The van der Waals surface area contributed by atoms with Gasteiger partial charge in [-0.15, -0.1) is 0 Å². The molecule has 0 aromatic heterocycles. The van der Waals surface area contributed by atoms with E-state index in [4.69, 9.17) is 0 Å². The van der Waals surface area contributed by atoms with Crippen molar-refractivity contribution >= 4 is 29.1 Å². The normalized spacial score (nSPS) is 11.5. The average Bonchev–Trinajstić information content (AvgIpc) is 2.75. The van der Waals surface area contributed by atoms with Crippen LogP contribution in [-0.2, 0) is 4.44 Å². The Morgan fingerprint density at radius 2 is 0.833 bits per heavy atom. The Morgan fingerprint density at radius 3 is 1.17 bits per heavy atom. The van der Waals surface area contributed by atoms with Crippen molar-refractivity contribution in [2.24, 2.45) is 0 Å². The molecule has 0 aliphatic heterocycles. The van der Waals surface area contributed by atoms with Crippen LogP contribution < -0.4 is 10.7 Å². The van der Waals surface area contributed by atoms with Crippen molar-refractivity contribution in [3.05, 3.63) is 125 Å². The van der Waals surface area contributed by atoms with Crippen molar-refractivity contribution < 1.29 is 4.39 Å². The third-order valence-corrected chi connectivity index (χ3v) is 20.0. The molecule has 0 nitrogen and oxygen atoms in total. The van der Waals surface area contributed by atoms with Gasteiger partial charge < -0.3 is 0 Å². The van der Waals surface area contributed by atoms with E-state index in [9.17, 15) is 4.39 Å². The predicted octanol–water partition coefficient (Wildman–Crippen LogP) is 5.00. The summed E-state index contributed by atoms with van der Waals surface area (Å²) in [6.45, 7) is 6.41. The Bertz CT molecular complexity index is 998. The van der Waals surface area contributed by atoms with Crippen molar-refractivity contribution in [3.8, 4) is 0 Å². The van der Waals surface area contributed by atoms with Crippen LogP contribution in [0.5, 0.6) is 0 Å². The van der Waals surface area contributed by atoms with Crippen LogP contribution in [0, 0.1) is 26.6 Å². The topological polar surface area (TPSA) is 0 Å². The molecule has 0 radical (unpaired) electrons. The van der Waals surface area contributed by atoms with Crippen molar-refractivity contribution in [3.63, 3.8) is 0 Å². The van der Waals surface area contributed by atoms with Crippen molar-refractivity contribution in [2.45, 2.75) is 25.2 Å². The van der Waals surface area contributed by atoms with Crippen LogP contribution in [0.15, 0.2) is 97.1 Å². The third-order valence-electron chi connectivity index (χ3n) is 6.02. The molecule has 30 heavy (non-hydrogen) atoms. The first-order valence-electron chi connectivity index (χ1n) is 10.4. The second-order valence-corrected chi connectivity index (χ2v) is 19.4. The molecule has 4 rings (SSSR count). The summed E-state index contributed by atoms with van der Waals surface area (Å²) in [5, 5.41) is 0. The zero-order valence-electron chi connectivity index (χ0n) is 17.8. The van der Waals surface area contributed by atoms with Crippen molar-refractivity contribution in [1.29, 1.82) is 0 Å². The molecule has 0 heterocycles. The molecule has 0 saturated heterocycles. The zero-order valence-corrected chi connectivity index (χ0v) is 20.7. The second kappa shape index (κ2) is 8.77. The fourth-order valence-electron chi connectivity index (χ4n) is 4.23. The molecule has 150 valence electrons. The van der Waals surface area contributed by atoms with Gasteiger partial charge in [0.25, 0.3) is 0 Å². The van der Waals surface area contributed by atoms with Crippen molar-refractivity contribution in [2.75, 3.05) is 0 Å². The number of rotatable bonds is 5. The summed E-state index contributed by atoms with van der Waals surface area (Å²) in [5.74, 6) is -0.180. The number of aryl methyl sites for hydroxylation is 3. The molecule has 0 unspecified atom stereocenters. The summed E-state index contributed by atoms with van der Waals surface area (Å²) < 4.78 is 19.0. The summed E-state index contributed by atoms with van der Waals surface area (Å²) in [7, 11) is 0. The summed E-state index contributed by atoms with van der Waals surface area (Å²) in [4.78, 5) is 0. The molecular formula is C28H27FSn. The molecule has 0 bridgehead atoms. The molecule has 0 N–H and O–H groups in total. The molecule has 0 aliphatic carbocycles. The number of benzene rings is 4. The van der Waals surface area contributed by atoms with Gasteiger partial charge in [0.15, 0.2) is 0 Å². The molecule has 0 amide bonds. The van der Waals surface area contributed by atoms with Gasteiger partial charge in [-0.1, -0.05) is 0 Å². The minimum atomic E-state index is -3.40. The van der Waals surface area contributed by atoms with Gasteiger partial charge in [-0.25, -0.2) is 0 Å². The van der Waals surface area contributed by atoms with Crippen LogP contribution in [0.3, 0.4) is 0 Å². The maximum atomic E-state index is 13.6. The summed E-state index contributed by atoms with van der Waals surface area (Å²) >= 11 is -3.40. The monoisotopic (exact) mass is 502 g/mol. The maximum absolute atomic E-state index is 13.6. The van der Waals surface area contributed by atoms with Gasteiger partial charge in [0.05, 0.1) is 0 Å². The molecule has 0 aliphatic rings. The molecule has 2 heteroatoms. The van der Waals surface area contributed by atoms with Gasteiger partial charge in [-0.2, -0.15) is 0 Å². The molecule has 0 atom stereocenters. The Morgan fingerprint density at radius 1 is 0.500 bits per heavy atom. The first-order chi connectivity index (χ1) is 14.5. The van der Waals surface area contributed by atoms with Gasteiger partial charge in [-0.05, 0) is 0 Å². The van der Waals surface area contributed by atoms with Gasteiger partial charge in [0, 0.05) is 0 Å². The zero-order chi connectivity index (χ0) is 21.1. The van der Waals surface area contributed by atoms with Gasteiger partial charge in [0.2, 0.25) is 0 Å². The van der Waals surface area contributed by atoms with Crippen LogP contribution >= 0.6 is 0 Å².